The van der Waals surface area contributed by atoms with Crippen molar-refractivity contribution in [2.75, 3.05) is 6.61 Å². The lowest BCUT2D eigenvalue weighted by Crippen LogP contribution is -2.85. The number of rotatable bonds is 5. The molecule has 1 saturated heterocycles. The van der Waals surface area contributed by atoms with Crippen LogP contribution in [0.2, 0.25) is 19.6 Å². The molecule has 2 aromatic carbocycles. The van der Waals surface area contributed by atoms with Gasteiger partial charge in [0.2, 0.25) is 5.78 Å². The lowest BCUT2D eigenvalue weighted by molar-refractivity contribution is -0.268. The van der Waals surface area contributed by atoms with E-state index in [0.29, 0.717) is 18.4 Å². The molecule has 1 aliphatic heterocycles. The topological polar surface area (TPSA) is 81.7 Å². The van der Waals surface area contributed by atoms with Gasteiger partial charge in [-0.15, -0.1) is 0 Å². The summed E-state index contributed by atoms with van der Waals surface area (Å²) in [5.41, 5.74) is -1.36. The minimum atomic E-state index is -2.26. The van der Waals surface area contributed by atoms with Crippen molar-refractivity contribution in [3.05, 3.63) is 71.3 Å². The van der Waals surface area contributed by atoms with Crippen molar-refractivity contribution >= 4 is 26.0 Å². The number of Topliss-reactive ketones (excluding diaryl/α,β-unsaturated/α-hetero) is 1. The van der Waals surface area contributed by atoms with Crippen LogP contribution in [-0.4, -0.2) is 32.6 Å². The number of fused-ring (bicyclic) bond motifs is 6. The van der Waals surface area contributed by atoms with Crippen molar-refractivity contribution in [3.63, 3.8) is 0 Å². The number of amides is 1. The predicted molar refractivity (Wildman–Crippen MR) is 125 cm³/mol. The Kier molecular flexibility index (Phi) is 4.75. The van der Waals surface area contributed by atoms with Crippen molar-refractivity contribution in [1.82, 2.24) is 5.32 Å². The van der Waals surface area contributed by atoms with Crippen molar-refractivity contribution < 1.29 is 23.5 Å². The molecular weight excluding hydrogens is 434 g/mol. The number of ether oxygens (including phenoxy) is 1. The summed E-state index contributed by atoms with van der Waals surface area (Å²) in [5, 5.41) is 3.02. The second-order valence-electron chi connectivity index (χ2n) is 10.1. The zero-order valence-electron chi connectivity index (χ0n) is 19.4. The lowest BCUT2D eigenvalue weighted by atomic mass is 9.34. The van der Waals surface area contributed by atoms with Crippen LogP contribution in [-0.2, 0) is 41.1 Å². The van der Waals surface area contributed by atoms with E-state index in [0.717, 1.165) is 11.1 Å². The maximum absolute atomic E-state index is 13.8. The molecule has 2 aromatic rings. The Morgan fingerprint density at radius 1 is 1.06 bits per heavy atom. The average molecular weight is 464 g/mol. The van der Waals surface area contributed by atoms with Crippen LogP contribution >= 0.6 is 0 Å². The Morgan fingerprint density at radius 2 is 1.73 bits per heavy atom. The third kappa shape index (κ3) is 2.49. The fraction of sp³-hybridized carbons (Fsp3) is 0.423. The van der Waals surface area contributed by atoms with Crippen molar-refractivity contribution in [1.29, 1.82) is 0 Å². The third-order valence-electron chi connectivity index (χ3n) is 7.42. The van der Waals surface area contributed by atoms with Gasteiger partial charge in [-0.25, -0.2) is 0 Å². The first-order valence-electron chi connectivity index (χ1n) is 11.5. The van der Waals surface area contributed by atoms with Gasteiger partial charge in [-0.1, -0.05) is 54.6 Å². The molecule has 4 atom stereocenters. The molecule has 7 heteroatoms. The van der Waals surface area contributed by atoms with E-state index in [4.69, 9.17) is 9.16 Å². The first-order valence-corrected chi connectivity index (χ1v) is 15.0. The highest BCUT2D eigenvalue weighted by Crippen LogP contribution is 2.77. The van der Waals surface area contributed by atoms with Crippen molar-refractivity contribution in [3.8, 4) is 0 Å². The zero-order valence-corrected chi connectivity index (χ0v) is 20.4. The molecule has 33 heavy (non-hydrogen) atoms. The van der Waals surface area contributed by atoms with Crippen LogP contribution in [0.4, 0.5) is 0 Å². The number of esters is 1. The molecule has 0 aromatic heterocycles. The maximum Gasteiger partial charge on any atom is 0.323 e. The van der Waals surface area contributed by atoms with Crippen LogP contribution in [0.3, 0.4) is 0 Å². The van der Waals surface area contributed by atoms with Gasteiger partial charge in [-0.05, 0) is 56.1 Å². The molecule has 2 aliphatic carbocycles. The first kappa shape index (κ1) is 22.0. The number of benzene rings is 2. The van der Waals surface area contributed by atoms with E-state index >= 15 is 0 Å². The molecule has 2 fully saturated rings. The van der Waals surface area contributed by atoms with Gasteiger partial charge in [-0.3, -0.25) is 14.4 Å². The van der Waals surface area contributed by atoms with Gasteiger partial charge in [0.1, 0.15) is 11.1 Å². The van der Waals surface area contributed by atoms with E-state index in [2.05, 4.69) is 31.0 Å². The number of carbonyl (C=O) groups is 3. The normalized spacial score (nSPS) is 32.2. The van der Waals surface area contributed by atoms with Gasteiger partial charge >= 0.3 is 5.97 Å². The van der Waals surface area contributed by atoms with Crippen molar-refractivity contribution in [2.24, 2.45) is 11.3 Å². The summed E-state index contributed by atoms with van der Waals surface area (Å²) in [7, 11) is -2.26. The summed E-state index contributed by atoms with van der Waals surface area (Å²) in [6, 6.07) is 17.4. The summed E-state index contributed by atoms with van der Waals surface area (Å²) in [4.78, 5) is 40.6. The SMILES string of the molecule is CCOC(=O)[C@@]12C(=O)C(=O)N[C@]1(c1ccccc1)[C@@]1(O[Si](C)(C)C)c3ccccc3CC[C@@H]21. The van der Waals surface area contributed by atoms with Crippen LogP contribution in [0.1, 0.15) is 30.0 Å². The minimum Gasteiger partial charge on any atom is -0.465 e. The highest BCUT2D eigenvalue weighted by Gasteiger charge is 2.92. The third-order valence-corrected chi connectivity index (χ3v) is 8.35. The Labute approximate surface area is 194 Å². The highest BCUT2D eigenvalue weighted by atomic mass is 28.4. The van der Waals surface area contributed by atoms with Gasteiger partial charge in [0.25, 0.3) is 5.91 Å². The van der Waals surface area contributed by atoms with Gasteiger partial charge in [0.05, 0.1) is 6.61 Å². The largest absolute Gasteiger partial charge is 0.465 e. The monoisotopic (exact) mass is 463 g/mol. The quantitative estimate of drug-likeness (QED) is 0.318. The number of nitrogens with one attached hydrogen (secondary N) is 1. The second kappa shape index (κ2) is 7.11. The van der Waals surface area contributed by atoms with Crippen molar-refractivity contribution in [2.45, 2.75) is 50.5 Å². The van der Waals surface area contributed by atoms with E-state index in [9.17, 15) is 14.4 Å². The van der Waals surface area contributed by atoms with Crippen LogP contribution < -0.4 is 5.32 Å². The van der Waals surface area contributed by atoms with E-state index in [-0.39, 0.29) is 6.61 Å². The van der Waals surface area contributed by atoms with E-state index in [1.54, 1.807) is 6.92 Å². The van der Waals surface area contributed by atoms with Crippen LogP contribution in [0.15, 0.2) is 54.6 Å². The summed E-state index contributed by atoms with van der Waals surface area (Å²) < 4.78 is 12.6. The Bertz CT molecular complexity index is 1160. The molecule has 1 saturated carbocycles. The average Bonchev–Trinajstić information content (AvgIpc) is 2.99. The van der Waals surface area contributed by atoms with Crippen LogP contribution in [0, 0.1) is 11.3 Å². The first-order chi connectivity index (χ1) is 15.7. The number of aryl methyl sites for hydroxylation is 1. The molecule has 0 spiro atoms. The summed E-state index contributed by atoms with van der Waals surface area (Å²) in [6.07, 6.45) is 1.25. The van der Waals surface area contributed by atoms with Gasteiger partial charge in [0.15, 0.2) is 13.7 Å². The fourth-order valence-electron chi connectivity index (χ4n) is 6.70. The molecular formula is C26H29NO5Si. The molecule has 172 valence electrons. The Balaban J connectivity index is 1.92. The molecule has 1 N–H and O–H groups in total. The molecule has 0 bridgehead atoms. The molecule has 0 unspecified atom stereocenters. The predicted octanol–water partition coefficient (Wildman–Crippen LogP) is 3.45. The molecule has 6 nitrogen and oxygen atoms in total. The van der Waals surface area contributed by atoms with E-state index in [1.165, 1.54) is 0 Å². The number of hydrogen-bond donors (Lipinski definition) is 1. The number of carbonyl (C=O) groups excluding carboxylic acids is 3. The maximum atomic E-state index is 13.8. The summed E-state index contributed by atoms with van der Waals surface area (Å²) in [5.74, 6) is -2.63. The summed E-state index contributed by atoms with van der Waals surface area (Å²) in [6.45, 7) is 8.12. The number of hydrogen-bond acceptors (Lipinski definition) is 5. The summed E-state index contributed by atoms with van der Waals surface area (Å²) >= 11 is 0. The van der Waals surface area contributed by atoms with Crippen LogP contribution in [0.5, 0.6) is 0 Å². The molecule has 5 rings (SSSR count). The Hall–Kier alpha value is -2.77. The number of ketones is 1. The van der Waals surface area contributed by atoms with Gasteiger partial charge < -0.3 is 14.5 Å². The standard InChI is InChI=1S/C26H29NO5Si/c1-5-31-23(30)24-20-16-15-17-11-9-10-14-19(17)25(20,32-33(2,3)4)26(24,27-22(29)21(24)28)18-12-7-6-8-13-18/h6-14,20H,5,15-16H2,1-4H3,(H,27,29)/t20-,24+,25+,26-/m0/s1. The molecule has 1 heterocycles. The molecule has 1 amide bonds. The van der Waals surface area contributed by atoms with Gasteiger partial charge in [0, 0.05) is 5.92 Å². The fourth-order valence-corrected chi connectivity index (χ4v) is 8.07. The van der Waals surface area contributed by atoms with Crippen LogP contribution in [0.25, 0.3) is 0 Å². The molecule has 0 radical (unpaired) electrons. The second-order valence-corrected chi connectivity index (χ2v) is 14.6. The molecule has 3 aliphatic rings. The lowest BCUT2D eigenvalue weighted by Gasteiger charge is -2.72. The van der Waals surface area contributed by atoms with E-state index in [1.807, 2.05) is 48.5 Å². The highest BCUT2D eigenvalue weighted by molar-refractivity contribution is 6.70. The van der Waals surface area contributed by atoms with E-state index < -0.39 is 48.4 Å². The Morgan fingerprint density at radius 3 is 2.39 bits per heavy atom. The van der Waals surface area contributed by atoms with Gasteiger partial charge in [-0.2, -0.15) is 0 Å². The minimum absolute atomic E-state index is 0.123. The smallest absolute Gasteiger partial charge is 0.323 e. The zero-order chi connectivity index (χ0) is 23.6.